The first kappa shape index (κ1) is 16.1. The second kappa shape index (κ2) is 7.20. The summed E-state index contributed by atoms with van der Waals surface area (Å²) in [5.41, 5.74) is 1.93. The normalized spacial score (nSPS) is 10.7. The molecule has 1 N–H and O–H groups in total. The molecule has 3 rings (SSSR count). The van der Waals surface area contributed by atoms with E-state index in [0.29, 0.717) is 5.75 Å². The fourth-order valence-electron chi connectivity index (χ4n) is 2.33. The molecule has 0 aliphatic heterocycles. The molecular formula is C19H16BrNOS. The standard InChI is InChI=1S/C19H16BrNOS/c1-13-10-16(7-9-18(13)20)21-19(22)12-23-17-8-6-14-4-2-3-5-15(14)11-17/h2-11H,12H2,1H3,(H,21,22). The number of anilines is 1. The van der Waals surface area contributed by atoms with Crippen LogP contribution in [0.1, 0.15) is 5.56 Å². The Morgan fingerprint density at radius 1 is 1.04 bits per heavy atom. The van der Waals surface area contributed by atoms with Gasteiger partial charge in [0.15, 0.2) is 0 Å². The molecule has 2 nitrogen and oxygen atoms in total. The van der Waals surface area contributed by atoms with Crippen LogP contribution in [-0.4, -0.2) is 11.7 Å². The molecular weight excluding hydrogens is 370 g/mol. The summed E-state index contributed by atoms with van der Waals surface area (Å²) < 4.78 is 1.04. The van der Waals surface area contributed by atoms with E-state index in [2.05, 4.69) is 51.6 Å². The van der Waals surface area contributed by atoms with Crippen LogP contribution in [0.5, 0.6) is 0 Å². The Hall–Kier alpha value is -1.78. The summed E-state index contributed by atoms with van der Waals surface area (Å²) in [4.78, 5) is 13.2. The maximum atomic E-state index is 12.1. The Labute approximate surface area is 148 Å². The molecule has 1 amide bonds. The first-order valence-corrected chi connectivity index (χ1v) is 9.07. The zero-order valence-electron chi connectivity index (χ0n) is 12.7. The van der Waals surface area contributed by atoms with Gasteiger partial charge in [-0.1, -0.05) is 46.3 Å². The highest BCUT2D eigenvalue weighted by atomic mass is 79.9. The average Bonchev–Trinajstić information content (AvgIpc) is 2.56. The zero-order valence-corrected chi connectivity index (χ0v) is 15.1. The van der Waals surface area contributed by atoms with Crippen molar-refractivity contribution in [3.63, 3.8) is 0 Å². The van der Waals surface area contributed by atoms with Gasteiger partial charge in [-0.05, 0) is 53.6 Å². The number of aryl methyl sites for hydroxylation is 1. The number of fused-ring (bicyclic) bond motifs is 1. The first-order valence-electron chi connectivity index (χ1n) is 7.29. The van der Waals surface area contributed by atoms with Crippen molar-refractivity contribution < 1.29 is 4.79 Å². The van der Waals surface area contributed by atoms with Gasteiger partial charge in [0.05, 0.1) is 5.75 Å². The number of rotatable bonds is 4. The van der Waals surface area contributed by atoms with Crippen molar-refractivity contribution in [1.29, 1.82) is 0 Å². The molecule has 0 aliphatic rings. The number of hydrogen-bond acceptors (Lipinski definition) is 2. The SMILES string of the molecule is Cc1cc(NC(=O)CSc2ccc3ccccc3c2)ccc1Br. The lowest BCUT2D eigenvalue weighted by molar-refractivity contribution is -0.113. The number of amides is 1. The molecule has 0 saturated heterocycles. The average molecular weight is 386 g/mol. The molecule has 3 aromatic rings. The van der Waals surface area contributed by atoms with Crippen LogP contribution in [0.4, 0.5) is 5.69 Å². The van der Waals surface area contributed by atoms with Gasteiger partial charge in [0, 0.05) is 15.1 Å². The molecule has 0 heterocycles. The van der Waals surface area contributed by atoms with Crippen LogP contribution in [0.25, 0.3) is 10.8 Å². The molecule has 3 aromatic carbocycles. The summed E-state index contributed by atoms with van der Waals surface area (Å²) in [7, 11) is 0. The van der Waals surface area contributed by atoms with Gasteiger partial charge < -0.3 is 5.32 Å². The summed E-state index contributed by atoms with van der Waals surface area (Å²) in [5.74, 6) is 0.401. The highest BCUT2D eigenvalue weighted by Crippen LogP contribution is 2.24. The van der Waals surface area contributed by atoms with Crippen LogP contribution in [0.15, 0.2) is 70.0 Å². The zero-order chi connectivity index (χ0) is 16.2. The number of hydrogen-bond donors (Lipinski definition) is 1. The number of nitrogens with one attached hydrogen (secondary N) is 1. The summed E-state index contributed by atoms with van der Waals surface area (Å²) >= 11 is 5.01. The van der Waals surface area contributed by atoms with Crippen molar-refractivity contribution >= 4 is 50.1 Å². The van der Waals surface area contributed by atoms with Crippen molar-refractivity contribution in [2.75, 3.05) is 11.1 Å². The Bertz CT molecular complexity index is 863. The van der Waals surface area contributed by atoms with Crippen molar-refractivity contribution in [3.05, 3.63) is 70.7 Å². The van der Waals surface area contributed by atoms with E-state index < -0.39 is 0 Å². The van der Waals surface area contributed by atoms with E-state index in [1.165, 1.54) is 10.8 Å². The van der Waals surface area contributed by atoms with Crippen molar-refractivity contribution in [3.8, 4) is 0 Å². The lowest BCUT2D eigenvalue weighted by atomic mass is 10.1. The fraction of sp³-hybridized carbons (Fsp3) is 0.105. The molecule has 4 heteroatoms. The first-order chi connectivity index (χ1) is 11.1. The number of thioether (sulfide) groups is 1. The van der Waals surface area contributed by atoms with E-state index in [4.69, 9.17) is 0 Å². The van der Waals surface area contributed by atoms with Crippen LogP contribution in [0.2, 0.25) is 0 Å². The fourth-order valence-corrected chi connectivity index (χ4v) is 3.32. The van der Waals surface area contributed by atoms with Gasteiger partial charge in [0.2, 0.25) is 5.91 Å². The molecule has 0 saturated carbocycles. The van der Waals surface area contributed by atoms with E-state index in [0.717, 1.165) is 20.6 Å². The summed E-state index contributed by atoms with van der Waals surface area (Å²) in [6, 6.07) is 20.3. The van der Waals surface area contributed by atoms with Crippen LogP contribution in [0.3, 0.4) is 0 Å². The molecule has 0 aromatic heterocycles. The lowest BCUT2D eigenvalue weighted by Crippen LogP contribution is -2.14. The highest BCUT2D eigenvalue weighted by molar-refractivity contribution is 9.10. The molecule has 0 unspecified atom stereocenters. The Kier molecular flexibility index (Phi) is 5.03. The molecule has 0 spiro atoms. The monoisotopic (exact) mass is 385 g/mol. The summed E-state index contributed by atoms with van der Waals surface area (Å²) in [5, 5.41) is 5.35. The van der Waals surface area contributed by atoms with Gasteiger partial charge in [-0.2, -0.15) is 0 Å². The minimum atomic E-state index is 0.00452. The summed E-state index contributed by atoms with van der Waals surface area (Å²) in [6.07, 6.45) is 0. The number of halogens is 1. The minimum absolute atomic E-state index is 0.00452. The van der Waals surface area contributed by atoms with Crippen LogP contribution in [-0.2, 0) is 4.79 Å². The van der Waals surface area contributed by atoms with Crippen molar-refractivity contribution in [1.82, 2.24) is 0 Å². The van der Waals surface area contributed by atoms with Crippen LogP contribution < -0.4 is 5.32 Å². The molecule has 23 heavy (non-hydrogen) atoms. The highest BCUT2D eigenvalue weighted by Gasteiger charge is 2.05. The van der Waals surface area contributed by atoms with E-state index in [9.17, 15) is 4.79 Å². The van der Waals surface area contributed by atoms with Gasteiger partial charge in [-0.3, -0.25) is 4.79 Å². The molecule has 0 radical (unpaired) electrons. The predicted molar refractivity (Wildman–Crippen MR) is 102 cm³/mol. The topological polar surface area (TPSA) is 29.1 Å². The van der Waals surface area contributed by atoms with E-state index in [-0.39, 0.29) is 5.91 Å². The molecule has 0 aliphatic carbocycles. The third-order valence-electron chi connectivity index (χ3n) is 3.53. The molecule has 116 valence electrons. The number of carbonyl (C=O) groups is 1. The Morgan fingerprint density at radius 2 is 1.83 bits per heavy atom. The molecule has 0 bridgehead atoms. The van der Waals surface area contributed by atoms with Gasteiger partial charge >= 0.3 is 0 Å². The van der Waals surface area contributed by atoms with E-state index >= 15 is 0 Å². The summed E-state index contributed by atoms with van der Waals surface area (Å²) in [6.45, 7) is 2.00. The maximum Gasteiger partial charge on any atom is 0.234 e. The Morgan fingerprint density at radius 3 is 2.61 bits per heavy atom. The van der Waals surface area contributed by atoms with Gasteiger partial charge in [-0.15, -0.1) is 11.8 Å². The maximum absolute atomic E-state index is 12.1. The second-order valence-corrected chi connectivity index (χ2v) is 7.21. The molecule has 0 fully saturated rings. The third-order valence-corrected chi connectivity index (χ3v) is 5.42. The number of carbonyl (C=O) groups excluding carboxylic acids is 1. The largest absolute Gasteiger partial charge is 0.325 e. The minimum Gasteiger partial charge on any atom is -0.325 e. The van der Waals surface area contributed by atoms with Crippen LogP contribution in [0, 0.1) is 6.92 Å². The quantitative estimate of drug-likeness (QED) is 0.588. The number of benzene rings is 3. The van der Waals surface area contributed by atoms with E-state index in [1.807, 2.05) is 37.3 Å². The smallest absolute Gasteiger partial charge is 0.234 e. The van der Waals surface area contributed by atoms with Gasteiger partial charge in [-0.25, -0.2) is 0 Å². The van der Waals surface area contributed by atoms with Crippen LogP contribution >= 0.6 is 27.7 Å². The third kappa shape index (κ3) is 4.15. The molecule has 0 atom stereocenters. The van der Waals surface area contributed by atoms with Crippen molar-refractivity contribution in [2.45, 2.75) is 11.8 Å². The van der Waals surface area contributed by atoms with Crippen molar-refractivity contribution in [2.24, 2.45) is 0 Å². The van der Waals surface area contributed by atoms with E-state index in [1.54, 1.807) is 11.8 Å². The predicted octanol–water partition coefficient (Wildman–Crippen LogP) is 5.64. The lowest BCUT2D eigenvalue weighted by Gasteiger charge is -2.07. The second-order valence-electron chi connectivity index (χ2n) is 5.31. The van der Waals surface area contributed by atoms with Gasteiger partial charge in [0.25, 0.3) is 0 Å². The Balaban J connectivity index is 1.62. The van der Waals surface area contributed by atoms with Gasteiger partial charge in [0.1, 0.15) is 0 Å².